The molecule has 2 aromatic rings. The van der Waals surface area contributed by atoms with Gasteiger partial charge in [-0.15, -0.1) is 13.2 Å². The molecule has 0 spiro atoms. The first-order valence-electron chi connectivity index (χ1n) is 4.05. The summed E-state index contributed by atoms with van der Waals surface area (Å²) in [5.74, 6) is -0.608. The zero-order valence-electron chi connectivity index (χ0n) is 7.60. The van der Waals surface area contributed by atoms with Gasteiger partial charge < -0.3 is 10.5 Å². The third-order valence-electron chi connectivity index (χ3n) is 1.91. The third kappa shape index (κ3) is 1.85. The molecule has 0 aliphatic rings. The van der Waals surface area contributed by atoms with Crippen LogP contribution in [0.5, 0.6) is 5.75 Å². The topological polar surface area (TPSA) is 63.9 Å². The minimum Gasteiger partial charge on any atom is -0.402 e. The summed E-state index contributed by atoms with van der Waals surface area (Å²) in [4.78, 5) is 0. The van der Waals surface area contributed by atoms with Gasteiger partial charge in [0.2, 0.25) is 0 Å². The van der Waals surface area contributed by atoms with E-state index in [1.807, 2.05) is 0 Å². The lowest BCUT2D eigenvalue weighted by Gasteiger charge is -2.12. The molecule has 0 bridgehead atoms. The molecule has 0 fully saturated rings. The molecule has 0 aliphatic heterocycles. The average Bonchev–Trinajstić information content (AvgIpc) is 2.58. The first-order valence-corrected chi connectivity index (χ1v) is 4.43. The van der Waals surface area contributed by atoms with E-state index in [2.05, 4.69) is 14.9 Å². The van der Waals surface area contributed by atoms with E-state index in [0.717, 1.165) is 0 Å². The minimum atomic E-state index is -4.84. The van der Waals surface area contributed by atoms with E-state index in [1.165, 1.54) is 12.3 Å². The van der Waals surface area contributed by atoms with Crippen LogP contribution >= 0.6 is 11.6 Å². The largest absolute Gasteiger partial charge is 0.573 e. The van der Waals surface area contributed by atoms with Crippen molar-refractivity contribution in [3.63, 3.8) is 0 Å². The van der Waals surface area contributed by atoms with Crippen molar-refractivity contribution in [2.24, 2.45) is 0 Å². The number of fused-ring (bicyclic) bond motifs is 1. The number of anilines is 1. The Balaban J connectivity index is 2.59. The van der Waals surface area contributed by atoms with Crippen LogP contribution < -0.4 is 10.5 Å². The normalized spacial score (nSPS) is 12.0. The number of hydrogen-bond donors (Lipinski definition) is 2. The Kier molecular flexibility index (Phi) is 2.34. The summed E-state index contributed by atoms with van der Waals surface area (Å²) in [6.45, 7) is 0. The summed E-state index contributed by atoms with van der Waals surface area (Å²) in [6.07, 6.45) is -3.54. The van der Waals surface area contributed by atoms with Gasteiger partial charge in [0.15, 0.2) is 5.75 Å². The van der Waals surface area contributed by atoms with Crippen LogP contribution in [0.4, 0.5) is 18.9 Å². The van der Waals surface area contributed by atoms with Crippen LogP contribution in [0.25, 0.3) is 10.9 Å². The van der Waals surface area contributed by atoms with Gasteiger partial charge in [0.1, 0.15) is 0 Å². The molecular formula is C8H5ClF3N3O. The standard InChI is InChI=1S/C8H5ClF3N3O/c9-4-1-5-3(2-14-15-5)6(13)7(4)16-8(10,11)12/h1-2H,13H2,(H,14,15). The highest BCUT2D eigenvalue weighted by Crippen LogP contribution is 2.39. The highest BCUT2D eigenvalue weighted by molar-refractivity contribution is 6.33. The molecule has 1 heterocycles. The number of nitrogens with zero attached hydrogens (tertiary/aromatic N) is 1. The first kappa shape index (κ1) is 10.9. The van der Waals surface area contributed by atoms with Crippen molar-refractivity contribution >= 4 is 28.2 Å². The maximum atomic E-state index is 12.1. The van der Waals surface area contributed by atoms with Gasteiger partial charge in [0.05, 0.1) is 22.4 Å². The minimum absolute atomic E-state index is 0.200. The molecule has 0 radical (unpaired) electrons. The van der Waals surface area contributed by atoms with Gasteiger partial charge in [0, 0.05) is 5.39 Å². The molecule has 0 aliphatic carbocycles. The van der Waals surface area contributed by atoms with E-state index in [-0.39, 0.29) is 10.7 Å². The van der Waals surface area contributed by atoms with Gasteiger partial charge in [0.25, 0.3) is 0 Å². The van der Waals surface area contributed by atoms with E-state index < -0.39 is 12.1 Å². The molecular weight excluding hydrogens is 247 g/mol. The smallest absolute Gasteiger partial charge is 0.402 e. The van der Waals surface area contributed by atoms with Crippen molar-refractivity contribution in [1.29, 1.82) is 0 Å². The van der Waals surface area contributed by atoms with Crippen LogP contribution in [0, 0.1) is 0 Å². The van der Waals surface area contributed by atoms with Crippen LogP contribution in [0.1, 0.15) is 0 Å². The molecule has 2 rings (SSSR count). The number of rotatable bonds is 1. The van der Waals surface area contributed by atoms with Crippen molar-refractivity contribution in [1.82, 2.24) is 10.2 Å². The Morgan fingerprint density at radius 3 is 2.75 bits per heavy atom. The van der Waals surface area contributed by atoms with Crippen molar-refractivity contribution in [2.75, 3.05) is 5.73 Å². The zero-order valence-corrected chi connectivity index (χ0v) is 8.36. The number of nitrogens with one attached hydrogen (secondary N) is 1. The number of ether oxygens (including phenoxy) is 1. The number of aromatic nitrogens is 2. The van der Waals surface area contributed by atoms with Gasteiger partial charge in [-0.2, -0.15) is 5.10 Å². The number of nitrogens with two attached hydrogens (primary N) is 1. The highest BCUT2D eigenvalue weighted by Gasteiger charge is 2.33. The number of H-pyrrole nitrogens is 1. The van der Waals surface area contributed by atoms with Crippen LogP contribution in [-0.4, -0.2) is 16.6 Å². The summed E-state index contributed by atoms with van der Waals surface area (Å²) < 4.78 is 39.9. The SMILES string of the molecule is Nc1c(OC(F)(F)F)c(Cl)cc2[nH]ncc12. The fourth-order valence-corrected chi connectivity index (χ4v) is 1.53. The number of halogens is 4. The number of nitrogen functional groups attached to an aromatic ring is 1. The van der Waals surface area contributed by atoms with Crippen molar-refractivity contribution in [3.8, 4) is 5.75 Å². The molecule has 0 unspecified atom stereocenters. The number of alkyl halides is 3. The van der Waals surface area contributed by atoms with Crippen LogP contribution in [-0.2, 0) is 0 Å². The lowest BCUT2D eigenvalue weighted by molar-refractivity contribution is -0.274. The van der Waals surface area contributed by atoms with Crippen LogP contribution in [0.3, 0.4) is 0 Å². The van der Waals surface area contributed by atoms with Crippen molar-refractivity contribution in [3.05, 3.63) is 17.3 Å². The monoisotopic (exact) mass is 251 g/mol. The summed E-state index contributed by atoms with van der Waals surface area (Å²) >= 11 is 5.62. The quantitative estimate of drug-likeness (QED) is 0.766. The van der Waals surface area contributed by atoms with E-state index in [9.17, 15) is 13.2 Å². The molecule has 3 N–H and O–H groups in total. The highest BCUT2D eigenvalue weighted by atomic mass is 35.5. The first-order chi connectivity index (χ1) is 7.38. The molecule has 16 heavy (non-hydrogen) atoms. The number of aromatic amines is 1. The lowest BCUT2D eigenvalue weighted by atomic mass is 10.2. The van der Waals surface area contributed by atoms with Gasteiger partial charge in [-0.05, 0) is 6.07 Å². The van der Waals surface area contributed by atoms with E-state index in [0.29, 0.717) is 10.9 Å². The van der Waals surface area contributed by atoms with Crippen molar-refractivity contribution < 1.29 is 17.9 Å². The van der Waals surface area contributed by atoms with Crippen molar-refractivity contribution in [2.45, 2.75) is 6.36 Å². The fraction of sp³-hybridized carbons (Fsp3) is 0.125. The average molecular weight is 252 g/mol. The molecule has 0 saturated heterocycles. The van der Waals surface area contributed by atoms with Gasteiger partial charge >= 0.3 is 6.36 Å². The predicted octanol–water partition coefficient (Wildman–Crippen LogP) is 2.70. The third-order valence-corrected chi connectivity index (χ3v) is 2.19. The second kappa shape index (κ2) is 3.44. The Labute approximate surface area is 92.1 Å². The predicted molar refractivity (Wildman–Crippen MR) is 52.2 cm³/mol. The number of hydrogen-bond acceptors (Lipinski definition) is 3. The Bertz CT molecular complexity index is 537. The lowest BCUT2D eigenvalue weighted by Crippen LogP contribution is -2.18. The second-order valence-corrected chi connectivity index (χ2v) is 3.39. The van der Waals surface area contributed by atoms with E-state index >= 15 is 0 Å². The second-order valence-electron chi connectivity index (χ2n) is 2.98. The molecule has 8 heteroatoms. The molecule has 86 valence electrons. The summed E-state index contributed by atoms with van der Waals surface area (Å²) in [6, 6.07) is 1.27. The molecule has 0 saturated carbocycles. The molecule has 0 atom stereocenters. The van der Waals surface area contributed by atoms with E-state index in [4.69, 9.17) is 17.3 Å². The Morgan fingerprint density at radius 1 is 1.44 bits per heavy atom. The maximum absolute atomic E-state index is 12.1. The number of benzene rings is 1. The maximum Gasteiger partial charge on any atom is 0.573 e. The summed E-state index contributed by atoms with van der Waals surface area (Å²) in [5, 5.41) is 6.27. The van der Waals surface area contributed by atoms with Gasteiger partial charge in [-0.25, -0.2) is 0 Å². The Morgan fingerprint density at radius 2 is 2.12 bits per heavy atom. The van der Waals surface area contributed by atoms with Gasteiger partial charge in [-0.3, -0.25) is 5.10 Å². The summed E-state index contributed by atoms with van der Waals surface area (Å²) in [7, 11) is 0. The Hall–Kier alpha value is -1.63. The van der Waals surface area contributed by atoms with Crippen LogP contribution in [0.2, 0.25) is 5.02 Å². The zero-order chi connectivity index (χ0) is 11.9. The van der Waals surface area contributed by atoms with Crippen LogP contribution in [0.15, 0.2) is 12.3 Å². The van der Waals surface area contributed by atoms with E-state index in [1.54, 1.807) is 0 Å². The van der Waals surface area contributed by atoms with Gasteiger partial charge in [-0.1, -0.05) is 11.6 Å². The fourth-order valence-electron chi connectivity index (χ4n) is 1.28. The molecule has 0 amide bonds. The molecule has 1 aromatic heterocycles. The molecule has 4 nitrogen and oxygen atoms in total. The summed E-state index contributed by atoms with van der Waals surface area (Å²) in [5.41, 5.74) is 5.74. The molecule has 1 aromatic carbocycles.